The van der Waals surface area contributed by atoms with Gasteiger partial charge >= 0.3 is 0 Å². The van der Waals surface area contributed by atoms with Crippen molar-refractivity contribution in [1.29, 1.82) is 0 Å². The number of fused-ring (bicyclic) bond motifs is 5. The van der Waals surface area contributed by atoms with Crippen molar-refractivity contribution in [3.63, 3.8) is 0 Å². The summed E-state index contributed by atoms with van der Waals surface area (Å²) in [6.45, 7) is 6.84. The van der Waals surface area contributed by atoms with Gasteiger partial charge in [-0.25, -0.2) is 19.9 Å². The van der Waals surface area contributed by atoms with Crippen LogP contribution in [0.2, 0.25) is 0 Å². The van der Waals surface area contributed by atoms with E-state index in [1.807, 2.05) is 30.5 Å². The van der Waals surface area contributed by atoms with E-state index in [1.54, 1.807) is 0 Å². The van der Waals surface area contributed by atoms with Gasteiger partial charge in [0.1, 0.15) is 11.5 Å². The molecule has 0 aliphatic heterocycles. The van der Waals surface area contributed by atoms with Crippen LogP contribution in [0.5, 0.6) is 0 Å². The number of aromatic nitrogens is 6. The van der Waals surface area contributed by atoms with Crippen LogP contribution in [0.3, 0.4) is 0 Å². The first-order valence-electron chi connectivity index (χ1n) is 22.3. The lowest BCUT2D eigenvalue weighted by Gasteiger charge is -2.26. The zero-order chi connectivity index (χ0) is 43.7. The molecule has 1 atom stereocenters. The summed E-state index contributed by atoms with van der Waals surface area (Å²) in [7, 11) is 0. The molecular weight excluding hydrogens is 793 g/mol. The van der Waals surface area contributed by atoms with Gasteiger partial charge in [0.25, 0.3) is 0 Å². The van der Waals surface area contributed by atoms with E-state index in [4.69, 9.17) is 19.9 Å². The Labute approximate surface area is 378 Å². The molecular formula is C59H44N6. The van der Waals surface area contributed by atoms with Gasteiger partial charge in [-0.05, 0) is 105 Å². The van der Waals surface area contributed by atoms with Crippen molar-refractivity contribution >= 4 is 21.8 Å². The number of rotatable bonds is 7. The minimum Gasteiger partial charge on any atom is -0.291 e. The minimum absolute atomic E-state index is 0.131. The maximum absolute atomic E-state index is 5.29. The van der Waals surface area contributed by atoms with E-state index in [1.165, 1.54) is 44.2 Å². The van der Waals surface area contributed by atoms with Crippen LogP contribution in [0, 0.1) is 0 Å². The van der Waals surface area contributed by atoms with Crippen LogP contribution in [-0.2, 0) is 10.8 Å². The van der Waals surface area contributed by atoms with E-state index in [-0.39, 0.29) is 10.8 Å². The molecule has 0 amide bonds. The molecule has 7 aromatic carbocycles. The van der Waals surface area contributed by atoms with Gasteiger partial charge in [0.05, 0.1) is 11.0 Å². The van der Waals surface area contributed by atoms with Gasteiger partial charge < -0.3 is 0 Å². The number of imidazole rings is 1. The molecule has 6 heteroatoms. The summed E-state index contributed by atoms with van der Waals surface area (Å²) in [5.74, 6) is 2.96. The molecule has 0 spiro atoms. The fraction of sp³-hybridized carbons (Fsp3) is 0.102. The van der Waals surface area contributed by atoms with E-state index in [0.29, 0.717) is 11.6 Å². The Bertz CT molecular complexity index is 3540. The molecule has 6 nitrogen and oxygen atoms in total. The molecule has 65 heavy (non-hydrogen) atoms. The van der Waals surface area contributed by atoms with Crippen molar-refractivity contribution in [1.82, 2.24) is 29.5 Å². The topological polar surface area (TPSA) is 69.4 Å². The van der Waals surface area contributed by atoms with Crippen LogP contribution in [-0.4, -0.2) is 29.5 Å². The largest absolute Gasteiger partial charge is 0.291 e. The number of hydrogen-bond acceptors (Lipinski definition) is 5. The molecule has 1 unspecified atom stereocenters. The van der Waals surface area contributed by atoms with Crippen molar-refractivity contribution in [2.45, 2.75) is 38.0 Å². The Morgan fingerprint density at radius 3 is 1.88 bits per heavy atom. The Morgan fingerprint density at radius 1 is 0.492 bits per heavy atom. The Morgan fingerprint density at radius 2 is 1.14 bits per heavy atom. The van der Waals surface area contributed by atoms with Gasteiger partial charge in [0.15, 0.2) is 17.5 Å². The van der Waals surface area contributed by atoms with Gasteiger partial charge in [0.2, 0.25) is 0 Å². The summed E-state index contributed by atoms with van der Waals surface area (Å²) < 4.78 is 2.20. The highest BCUT2D eigenvalue weighted by molar-refractivity contribution is 6.05. The third-order valence-corrected chi connectivity index (χ3v) is 13.5. The molecule has 0 fully saturated rings. The summed E-state index contributed by atoms with van der Waals surface area (Å²) in [4.78, 5) is 25.4. The summed E-state index contributed by atoms with van der Waals surface area (Å²) in [5, 5.41) is 2.38. The predicted octanol–water partition coefficient (Wildman–Crippen LogP) is 14.2. The second-order valence-electron chi connectivity index (χ2n) is 17.9. The molecule has 0 radical (unpaired) electrons. The minimum atomic E-state index is -0.367. The molecule has 3 heterocycles. The smallest absolute Gasteiger partial charge is 0.164 e. The van der Waals surface area contributed by atoms with Crippen molar-refractivity contribution in [3.8, 4) is 73.4 Å². The normalized spacial score (nSPS) is 15.9. The fourth-order valence-corrected chi connectivity index (χ4v) is 10.1. The zero-order valence-corrected chi connectivity index (χ0v) is 36.4. The lowest BCUT2D eigenvalue weighted by Crippen LogP contribution is -2.24. The average molecular weight is 837 g/mol. The number of benzene rings is 7. The van der Waals surface area contributed by atoms with E-state index in [9.17, 15) is 0 Å². The zero-order valence-electron chi connectivity index (χ0n) is 36.4. The standard InChI is InChI=1S/C59H44N6/c1-58(2)48-20-8-7-18-46(48)53-47(19-15-21-49(53)58)55-62-54(63-57(64-55)59(3)35-12-4-13-36-59)40-27-25-38(26-28-40)42-33-34-43(45-17-6-5-16-44(42)45)39-29-31-41(32-30-39)65-52-24-10-9-22-50(52)61-56(65)51-23-11-14-37-60-51/h4-35,37H,36H2,1-3H3. The molecule has 0 saturated carbocycles. The van der Waals surface area contributed by atoms with Crippen LogP contribution < -0.4 is 0 Å². The monoisotopic (exact) mass is 836 g/mol. The van der Waals surface area contributed by atoms with Crippen LogP contribution in [0.1, 0.15) is 44.1 Å². The molecule has 2 aliphatic rings. The number of allylic oxidation sites excluding steroid dienone is 4. The van der Waals surface area contributed by atoms with E-state index < -0.39 is 0 Å². The van der Waals surface area contributed by atoms with Gasteiger partial charge in [-0.3, -0.25) is 9.55 Å². The predicted molar refractivity (Wildman–Crippen MR) is 265 cm³/mol. The summed E-state index contributed by atoms with van der Waals surface area (Å²) in [6.07, 6.45) is 11.3. The van der Waals surface area contributed by atoms with E-state index in [0.717, 1.165) is 62.7 Å². The second-order valence-corrected chi connectivity index (χ2v) is 17.9. The van der Waals surface area contributed by atoms with Crippen LogP contribution in [0.25, 0.3) is 95.2 Å². The first kappa shape index (κ1) is 38.6. The Balaban J connectivity index is 0.914. The second kappa shape index (κ2) is 15.0. The lowest BCUT2D eigenvalue weighted by molar-refractivity contribution is 0.554. The quantitative estimate of drug-likeness (QED) is 0.160. The molecule has 0 saturated heterocycles. The molecule has 0 bridgehead atoms. The summed E-state index contributed by atoms with van der Waals surface area (Å²) in [5.41, 5.74) is 15.0. The van der Waals surface area contributed by atoms with Crippen LogP contribution in [0.4, 0.5) is 0 Å². The third-order valence-electron chi connectivity index (χ3n) is 13.5. The highest BCUT2D eigenvalue weighted by Gasteiger charge is 2.37. The van der Waals surface area contributed by atoms with Gasteiger partial charge in [-0.1, -0.05) is 172 Å². The number of para-hydroxylation sites is 2. The van der Waals surface area contributed by atoms with Crippen molar-refractivity contribution in [2.24, 2.45) is 0 Å². The SMILES string of the molecule is CC1(c2nc(-c3ccc(-c4ccc(-c5ccc(-n6c(-c7ccccn7)nc7ccccc76)cc5)c5ccccc45)cc3)nc(-c3cccc4c3-c3ccccc3C4(C)C)n2)C=CC=CC1. The summed E-state index contributed by atoms with van der Waals surface area (Å²) in [6, 6.07) is 60.2. The first-order valence-corrected chi connectivity index (χ1v) is 22.3. The Kier molecular flexibility index (Phi) is 8.92. The van der Waals surface area contributed by atoms with E-state index >= 15 is 0 Å². The highest BCUT2D eigenvalue weighted by atomic mass is 15.1. The summed E-state index contributed by atoms with van der Waals surface area (Å²) >= 11 is 0. The van der Waals surface area contributed by atoms with Gasteiger partial charge in [-0.2, -0.15) is 0 Å². The molecule has 0 N–H and O–H groups in total. The van der Waals surface area contributed by atoms with Crippen molar-refractivity contribution < 1.29 is 0 Å². The van der Waals surface area contributed by atoms with Crippen LogP contribution >= 0.6 is 0 Å². The Hall–Kier alpha value is -8.09. The first-order chi connectivity index (χ1) is 31.8. The molecule has 2 aliphatic carbocycles. The number of nitrogens with zero attached hydrogens (tertiary/aromatic N) is 6. The van der Waals surface area contributed by atoms with Crippen molar-refractivity contribution in [2.75, 3.05) is 0 Å². The van der Waals surface area contributed by atoms with Crippen molar-refractivity contribution in [3.05, 3.63) is 217 Å². The van der Waals surface area contributed by atoms with E-state index in [2.05, 4.69) is 200 Å². The maximum atomic E-state index is 5.29. The molecule has 310 valence electrons. The third kappa shape index (κ3) is 6.35. The van der Waals surface area contributed by atoms with Crippen LogP contribution in [0.15, 0.2) is 200 Å². The maximum Gasteiger partial charge on any atom is 0.164 e. The van der Waals surface area contributed by atoms with Gasteiger partial charge in [-0.15, -0.1) is 0 Å². The molecule has 12 rings (SSSR count). The van der Waals surface area contributed by atoms with Gasteiger partial charge in [0, 0.05) is 33.8 Å². The molecule has 3 aromatic heterocycles. The number of pyridine rings is 1. The average Bonchev–Trinajstić information content (AvgIpc) is 3.87. The lowest BCUT2D eigenvalue weighted by atomic mass is 9.82. The molecule has 10 aromatic rings. The fourth-order valence-electron chi connectivity index (χ4n) is 10.1. The highest BCUT2D eigenvalue weighted by Crippen LogP contribution is 2.52. The number of hydrogen-bond donors (Lipinski definition) is 0.